The van der Waals surface area contributed by atoms with Crippen LogP contribution in [-0.2, 0) is 6.54 Å². The van der Waals surface area contributed by atoms with Gasteiger partial charge in [-0.3, -0.25) is 0 Å². The second-order valence-corrected chi connectivity index (χ2v) is 6.39. The number of para-hydroxylation sites is 1. The molecule has 3 nitrogen and oxygen atoms in total. The fraction of sp³-hybridized carbons (Fsp3) is 0.647. The first-order valence-corrected chi connectivity index (χ1v) is 8.22. The van der Waals surface area contributed by atoms with E-state index in [1.54, 1.807) is 12.1 Å². The lowest BCUT2D eigenvalue weighted by Crippen LogP contribution is -2.39. The predicted octanol–water partition coefficient (Wildman–Crippen LogP) is 2.60. The van der Waals surface area contributed by atoms with Crippen LogP contribution < -0.4 is 10.6 Å². The van der Waals surface area contributed by atoms with E-state index < -0.39 is 0 Å². The van der Waals surface area contributed by atoms with E-state index in [1.165, 1.54) is 32.5 Å². The maximum absolute atomic E-state index is 14.1. The quantitative estimate of drug-likeness (QED) is 0.925. The molecule has 3 rings (SSSR count). The van der Waals surface area contributed by atoms with Crippen LogP contribution in [0.5, 0.6) is 0 Å². The Morgan fingerprint density at radius 3 is 2.48 bits per heavy atom. The summed E-state index contributed by atoms with van der Waals surface area (Å²) < 4.78 is 14.1. The maximum atomic E-state index is 14.1. The van der Waals surface area contributed by atoms with E-state index in [0.29, 0.717) is 6.54 Å². The number of hydrogen-bond acceptors (Lipinski definition) is 3. The van der Waals surface area contributed by atoms with Crippen molar-refractivity contribution in [1.29, 1.82) is 0 Å². The van der Waals surface area contributed by atoms with Crippen molar-refractivity contribution in [3.8, 4) is 0 Å². The summed E-state index contributed by atoms with van der Waals surface area (Å²) in [6, 6.07) is 5.24. The normalized spacial score (nSPS) is 21.1. The Labute approximate surface area is 126 Å². The van der Waals surface area contributed by atoms with Crippen LogP contribution in [0.2, 0.25) is 0 Å². The first-order valence-electron chi connectivity index (χ1n) is 8.22. The third-order valence-corrected chi connectivity index (χ3v) is 4.94. The van der Waals surface area contributed by atoms with Crippen molar-refractivity contribution >= 4 is 5.69 Å². The molecule has 2 aliphatic rings. The molecule has 116 valence electrons. The van der Waals surface area contributed by atoms with E-state index in [0.717, 1.165) is 43.1 Å². The number of anilines is 1. The van der Waals surface area contributed by atoms with Gasteiger partial charge in [0, 0.05) is 26.2 Å². The molecule has 0 bridgehead atoms. The minimum Gasteiger partial charge on any atom is -0.369 e. The Morgan fingerprint density at radius 2 is 1.81 bits per heavy atom. The molecule has 0 aromatic heterocycles. The van der Waals surface area contributed by atoms with Gasteiger partial charge in [-0.25, -0.2) is 4.39 Å². The summed E-state index contributed by atoms with van der Waals surface area (Å²) in [5, 5.41) is 0. The molecule has 0 unspecified atom stereocenters. The Hall–Kier alpha value is -1.13. The van der Waals surface area contributed by atoms with E-state index in [-0.39, 0.29) is 5.82 Å². The van der Waals surface area contributed by atoms with Gasteiger partial charge in [-0.15, -0.1) is 0 Å². The number of benzene rings is 1. The summed E-state index contributed by atoms with van der Waals surface area (Å²) >= 11 is 0. The smallest absolute Gasteiger partial charge is 0.146 e. The molecular weight excluding hydrogens is 265 g/mol. The number of likely N-dealkylation sites (tertiary alicyclic amines) is 1. The molecule has 0 atom stereocenters. The number of halogens is 1. The fourth-order valence-corrected chi connectivity index (χ4v) is 3.75. The van der Waals surface area contributed by atoms with Crippen molar-refractivity contribution in [2.75, 3.05) is 37.6 Å². The third kappa shape index (κ3) is 3.38. The van der Waals surface area contributed by atoms with Crippen molar-refractivity contribution in [2.45, 2.75) is 32.2 Å². The standard InChI is InChI=1S/C17H26FN3/c18-16-5-3-4-15(12-19)17(16)21-10-6-14(7-11-21)13-20-8-1-2-9-20/h3-5,14H,1-2,6-13,19H2. The SMILES string of the molecule is NCc1cccc(F)c1N1CCC(CN2CCCC2)CC1. The zero-order valence-electron chi connectivity index (χ0n) is 12.7. The molecular formula is C17H26FN3. The van der Waals surface area contributed by atoms with Gasteiger partial charge >= 0.3 is 0 Å². The minimum absolute atomic E-state index is 0.129. The predicted molar refractivity (Wildman–Crippen MR) is 84.9 cm³/mol. The van der Waals surface area contributed by atoms with E-state index in [4.69, 9.17) is 5.73 Å². The van der Waals surface area contributed by atoms with E-state index in [2.05, 4.69) is 9.80 Å². The summed E-state index contributed by atoms with van der Waals surface area (Å²) in [4.78, 5) is 4.78. The molecule has 2 fully saturated rings. The van der Waals surface area contributed by atoms with Gasteiger partial charge < -0.3 is 15.5 Å². The maximum Gasteiger partial charge on any atom is 0.146 e. The van der Waals surface area contributed by atoms with Gasteiger partial charge in [-0.05, 0) is 56.3 Å². The summed E-state index contributed by atoms with van der Waals surface area (Å²) in [5.74, 6) is 0.642. The number of rotatable bonds is 4. The highest BCUT2D eigenvalue weighted by Gasteiger charge is 2.25. The number of nitrogens with two attached hydrogens (primary N) is 1. The van der Waals surface area contributed by atoms with Crippen molar-refractivity contribution in [1.82, 2.24) is 4.90 Å². The van der Waals surface area contributed by atoms with Crippen molar-refractivity contribution in [3.63, 3.8) is 0 Å². The van der Waals surface area contributed by atoms with E-state index >= 15 is 0 Å². The van der Waals surface area contributed by atoms with Gasteiger partial charge in [0.25, 0.3) is 0 Å². The first kappa shape index (κ1) is 14.8. The topological polar surface area (TPSA) is 32.5 Å². The highest BCUT2D eigenvalue weighted by Crippen LogP contribution is 2.29. The summed E-state index contributed by atoms with van der Waals surface area (Å²) in [7, 11) is 0. The molecule has 1 aromatic carbocycles. The van der Waals surface area contributed by atoms with Crippen molar-refractivity contribution < 1.29 is 4.39 Å². The lowest BCUT2D eigenvalue weighted by molar-refractivity contribution is 0.249. The van der Waals surface area contributed by atoms with E-state index in [1.807, 2.05) is 6.07 Å². The molecule has 2 N–H and O–H groups in total. The second kappa shape index (κ2) is 6.75. The minimum atomic E-state index is -0.129. The summed E-state index contributed by atoms with van der Waals surface area (Å²) in [5.41, 5.74) is 7.42. The van der Waals surface area contributed by atoms with E-state index in [9.17, 15) is 4.39 Å². The lowest BCUT2D eigenvalue weighted by atomic mass is 9.95. The molecule has 1 aromatic rings. The zero-order chi connectivity index (χ0) is 14.7. The average Bonchev–Trinajstić information content (AvgIpc) is 3.01. The highest BCUT2D eigenvalue weighted by atomic mass is 19.1. The molecule has 0 amide bonds. The number of hydrogen-bond donors (Lipinski definition) is 1. The number of nitrogens with zero attached hydrogens (tertiary/aromatic N) is 2. The van der Waals surface area contributed by atoms with Gasteiger partial charge in [0.1, 0.15) is 5.82 Å². The largest absolute Gasteiger partial charge is 0.369 e. The summed E-state index contributed by atoms with van der Waals surface area (Å²) in [6.45, 7) is 6.07. The van der Waals surface area contributed by atoms with Gasteiger partial charge in [0.05, 0.1) is 5.69 Å². The highest BCUT2D eigenvalue weighted by molar-refractivity contribution is 5.55. The van der Waals surface area contributed by atoms with Crippen LogP contribution in [0.3, 0.4) is 0 Å². The lowest BCUT2D eigenvalue weighted by Gasteiger charge is -2.36. The van der Waals surface area contributed by atoms with Crippen LogP contribution in [0.4, 0.5) is 10.1 Å². The molecule has 21 heavy (non-hydrogen) atoms. The Morgan fingerprint density at radius 1 is 1.10 bits per heavy atom. The fourth-order valence-electron chi connectivity index (χ4n) is 3.75. The first-order chi connectivity index (χ1) is 10.3. The molecule has 2 saturated heterocycles. The van der Waals surface area contributed by atoms with Crippen LogP contribution in [0.1, 0.15) is 31.2 Å². The molecule has 0 aliphatic carbocycles. The second-order valence-electron chi connectivity index (χ2n) is 6.39. The molecule has 2 heterocycles. The van der Waals surface area contributed by atoms with Crippen LogP contribution in [-0.4, -0.2) is 37.6 Å². The summed E-state index contributed by atoms with van der Waals surface area (Å²) in [6.07, 6.45) is 5.03. The van der Waals surface area contributed by atoms with Gasteiger partial charge in [-0.2, -0.15) is 0 Å². The van der Waals surface area contributed by atoms with Crippen LogP contribution in [0.25, 0.3) is 0 Å². The zero-order valence-corrected chi connectivity index (χ0v) is 12.7. The van der Waals surface area contributed by atoms with Crippen LogP contribution >= 0.6 is 0 Å². The Bertz CT molecular complexity index is 463. The third-order valence-electron chi connectivity index (χ3n) is 4.94. The van der Waals surface area contributed by atoms with Gasteiger partial charge in [-0.1, -0.05) is 12.1 Å². The molecule has 4 heteroatoms. The van der Waals surface area contributed by atoms with Crippen LogP contribution in [0, 0.1) is 11.7 Å². The van der Waals surface area contributed by atoms with Gasteiger partial charge in [0.2, 0.25) is 0 Å². The van der Waals surface area contributed by atoms with Crippen molar-refractivity contribution in [3.05, 3.63) is 29.6 Å². The Kier molecular flexibility index (Phi) is 4.76. The number of piperidine rings is 1. The monoisotopic (exact) mass is 291 g/mol. The van der Waals surface area contributed by atoms with Gasteiger partial charge in [0.15, 0.2) is 0 Å². The Balaban J connectivity index is 1.60. The molecule has 2 aliphatic heterocycles. The average molecular weight is 291 g/mol. The van der Waals surface area contributed by atoms with Crippen LogP contribution in [0.15, 0.2) is 18.2 Å². The molecule has 0 radical (unpaired) electrons. The molecule has 0 saturated carbocycles. The molecule has 0 spiro atoms. The van der Waals surface area contributed by atoms with Crippen molar-refractivity contribution in [2.24, 2.45) is 11.7 Å².